The molecule has 0 radical (unpaired) electrons. The zero-order valence-corrected chi connectivity index (χ0v) is 11.8. The second kappa shape index (κ2) is 6.19. The van der Waals surface area contributed by atoms with Crippen LogP contribution >= 0.6 is 7.60 Å². The van der Waals surface area contributed by atoms with Crippen molar-refractivity contribution >= 4 is 13.6 Å². The first-order valence-corrected chi connectivity index (χ1v) is 7.54. The van der Waals surface area contributed by atoms with E-state index in [4.69, 9.17) is 15.4 Å². The lowest BCUT2D eigenvalue weighted by atomic mass is 10.1. The van der Waals surface area contributed by atoms with Crippen molar-refractivity contribution in [3.63, 3.8) is 0 Å². The first-order chi connectivity index (χ1) is 8.71. The summed E-state index contributed by atoms with van der Waals surface area (Å²) < 4.78 is 16.9. The fourth-order valence-electron chi connectivity index (χ4n) is 1.53. The maximum Gasteiger partial charge on any atom is 0.376 e. The van der Waals surface area contributed by atoms with Gasteiger partial charge in [-0.1, -0.05) is 17.7 Å². The maximum absolute atomic E-state index is 11.8. The number of rotatable bonds is 6. The van der Waals surface area contributed by atoms with Crippen LogP contribution in [0.2, 0.25) is 0 Å². The molecule has 2 unspecified atom stereocenters. The van der Waals surface area contributed by atoms with Gasteiger partial charge in [0.2, 0.25) is 0 Å². The molecule has 0 amide bonds. The zero-order chi connectivity index (χ0) is 14.6. The second-order valence-corrected chi connectivity index (χ2v) is 6.36. The van der Waals surface area contributed by atoms with E-state index in [1.165, 1.54) is 0 Å². The van der Waals surface area contributed by atoms with Gasteiger partial charge in [0.1, 0.15) is 11.8 Å². The SMILES string of the molecule is Cc1ccc(OP(=O)(O)CCC(N)C(=O)O)c(C)c1. The van der Waals surface area contributed by atoms with Crippen LogP contribution in [0.3, 0.4) is 0 Å². The molecule has 0 aliphatic heterocycles. The van der Waals surface area contributed by atoms with Crippen LogP contribution in [-0.4, -0.2) is 28.2 Å². The molecule has 1 rings (SSSR count). The van der Waals surface area contributed by atoms with Gasteiger partial charge in [-0.15, -0.1) is 0 Å². The Hall–Kier alpha value is -1.36. The molecule has 0 heterocycles. The van der Waals surface area contributed by atoms with Crippen molar-refractivity contribution in [2.75, 3.05) is 6.16 Å². The maximum atomic E-state index is 11.8. The van der Waals surface area contributed by atoms with Crippen LogP contribution in [0.1, 0.15) is 17.5 Å². The van der Waals surface area contributed by atoms with Crippen molar-refractivity contribution in [1.82, 2.24) is 0 Å². The van der Waals surface area contributed by atoms with Crippen LogP contribution in [0.15, 0.2) is 18.2 Å². The van der Waals surface area contributed by atoms with Gasteiger partial charge in [0, 0.05) is 0 Å². The smallest absolute Gasteiger partial charge is 0.376 e. The quantitative estimate of drug-likeness (QED) is 0.686. The minimum Gasteiger partial charge on any atom is -0.480 e. The number of carboxylic acids is 1. The number of hydrogen-bond donors (Lipinski definition) is 3. The lowest BCUT2D eigenvalue weighted by molar-refractivity contribution is -0.138. The van der Waals surface area contributed by atoms with Crippen molar-refractivity contribution in [2.24, 2.45) is 5.73 Å². The molecule has 0 aliphatic carbocycles. The van der Waals surface area contributed by atoms with Crippen molar-refractivity contribution < 1.29 is 23.9 Å². The van der Waals surface area contributed by atoms with Crippen molar-refractivity contribution in [1.29, 1.82) is 0 Å². The third-order valence-corrected chi connectivity index (χ3v) is 3.92. The summed E-state index contributed by atoms with van der Waals surface area (Å²) in [4.78, 5) is 20.2. The molecule has 7 heteroatoms. The Morgan fingerprint density at radius 3 is 2.63 bits per heavy atom. The molecule has 1 aromatic carbocycles. The van der Waals surface area contributed by atoms with Crippen LogP contribution in [0.5, 0.6) is 5.75 Å². The third kappa shape index (κ3) is 5.03. The van der Waals surface area contributed by atoms with Gasteiger partial charge < -0.3 is 20.3 Å². The molecular formula is C12H18NO5P. The largest absolute Gasteiger partial charge is 0.480 e. The third-order valence-electron chi connectivity index (χ3n) is 2.61. The Labute approximate surface area is 111 Å². The van der Waals surface area contributed by atoms with Gasteiger partial charge in [0.25, 0.3) is 0 Å². The van der Waals surface area contributed by atoms with Gasteiger partial charge in [0.05, 0.1) is 6.16 Å². The molecule has 0 saturated heterocycles. The van der Waals surface area contributed by atoms with E-state index in [0.717, 1.165) is 11.1 Å². The predicted octanol–water partition coefficient (Wildman–Crippen LogP) is 1.67. The van der Waals surface area contributed by atoms with Crippen LogP contribution in [-0.2, 0) is 9.36 Å². The Balaban J connectivity index is 2.68. The Morgan fingerprint density at radius 2 is 2.11 bits per heavy atom. The summed E-state index contributed by atoms with van der Waals surface area (Å²) in [6, 6.07) is 4.05. The molecule has 19 heavy (non-hydrogen) atoms. The van der Waals surface area contributed by atoms with E-state index >= 15 is 0 Å². The van der Waals surface area contributed by atoms with E-state index in [1.54, 1.807) is 19.1 Å². The molecule has 0 aliphatic rings. The number of aliphatic carboxylic acids is 1. The van der Waals surface area contributed by atoms with E-state index < -0.39 is 19.6 Å². The van der Waals surface area contributed by atoms with Gasteiger partial charge in [-0.25, -0.2) is 4.57 Å². The highest BCUT2D eigenvalue weighted by Crippen LogP contribution is 2.44. The highest BCUT2D eigenvalue weighted by molar-refractivity contribution is 7.53. The van der Waals surface area contributed by atoms with Gasteiger partial charge in [-0.3, -0.25) is 4.79 Å². The number of carbonyl (C=O) groups is 1. The van der Waals surface area contributed by atoms with Crippen LogP contribution < -0.4 is 10.3 Å². The first-order valence-electron chi connectivity index (χ1n) is 5.78. The van der Waals surface area contributed by atoms with Crippen LogP contribution in [0, 0.1) is 13.8 Å². The molecule has 0 fully saturated rings. The van der Waals surface area contributed by atoms with Crippen molar-refractivity contribution in [2.45, 2.75) is 26.3 Å². The van der Waals surface area contributed by atoms with Crippen LogP contribution in [0.25, 0.3) is 0 Å². The van der Waals surface area contributed by atoms with E-state index in [-0.39, 0.29) is 12.6 Å². The number of aryl methyl sites for hydroxylation is 2. The summed E-state index contributed by atoms with van der Waals surface area (Å²) in [5.74, 6) is -0.883. The minimum atomic E-state index is -3.89. The second-order valence-electron chi connectivity index (χ2n) is 4.45. The fourth-order valence-corrected chi connectivity index (χ4v) is 2.73. The summed E-state index contributed by atoms with van der Waals surface area (Å²) in [7, 11) is -3.89. The predicted molar refractivity (Wildman–Crippen MR) is 71.5 cm³/mol. The molecule has 0 saturated carbocycles. The van der Waals surface area contributed by atoms with E-state index in [1.807, 2.05) is 13.0 Å². The molecule has 4 N–H and O–H groups in total. The number of hydrogen-bond acceptors (Lipinski definition) is 4. The summed E-state index contributed by atoms with van der Waals surface area (Å²) >= 11 is 0. The first kappa shape index (κ1) is 15.7. The van der Waals surface area contributed by atoms with Crippen LogP contribution in [0.4, 0.5) is 0 Å². The molecular weight excluding hydrogens is 269 g/mol. The van der Waals surface area contributed by atoms with Gasteiger partial charge >= 0.3 is 13.6 Å². The van der Waals surface area contributed by atoms with E-state index in [2.05, 4.69) is 0 Å². The Bertz CT molecular complexity index is 517. The van der Waals surface area contributed by atoms with E-state index in [0.29, 0.717) is 5.75 Å². The topological polar surface area (TPSA) is 110 Å². The average molecular weight is 287 g/mol. The molecule has 0 bridgehead atoms. The zero-order valence-electron chi connectivity index (χ0n) is 10.9. The minimum absolute atomic E-state index is 0.117. The number of carboxylic acid groups (broad SMARTS) is 1. The van der Waals surface area contributed by atoms with E-state index in [9.17, 15) is 14.3 Å². The average Bonchev–Trinajstić information content (AvgIpc) is 2.29. The summed E-state index contributed by atoms with van der Waals surface area (Å²) in [6.45, 7) is 3.67. The summed E-state index contributed by atoms with van der Waals surface area (Å²) in [5, 5.41) is 8.61. The number of benzene rings is 1. The number of nitrogens with two attached hydrogens (primary N) is 1. The summed E-state index contributed by atoms with van der Waals surface area (Å²) in [6.07, 6.45) is -0.415. The Kier molecular flexibility index (Phi) is 5.11. The van der Waals surface area contributed by atoms with Gasteiger partial charge in [-0.05, 0) is 31.9 Å². The highest BCUT2D eigenvalue weighted by Gasteiger charge is 2.24. The van der Waals surface area contributed by atoms with Crippen molar-refractivity contribution in [3.05, 3.63) is 29.3 Å². The fraction of sp³-hybridized carbons (Fsp3) is 0.417. The summed E-state index contributed by atoms with van der Waals surface area (Å²) in [5.41, 5.74) is 7.05. The normalized spacial score (nSPS) is 15.6. The van der Waals surface area contributed by atoms with Gasteiger partial charge in [0.15, 0.2) is 0 Å². The molecule has 6 nitrogen and oxygen atoms in total. The monoisotopic (exact) mass is 287 g/mol. The lowest BCUT2D eigenvalue weighted by Crippen LogP contribution is -2.31. The molecule has 106 valence electrons. The Morgan fingerprint density at radius 1 is 1.47 bits per heavy atom. The van der Waals surface area contributed by atoms with Gasteiger partial charge in [-0.2, -0.15) is 0 Å². The molecule has 0 spiro atoms. The molecule has 2 atom stereocenters. The lowest BCUT2D eigenvalue weighted by Gasteiger charge is -2.16. The molecule has 1 aromatic rings. The van der Waals surface area contributed by atoms with Crippen molar-refractivity contribution in [3.8, 4) is 5.75 Å². The molecule has 0 aromatic heterocycles. The highest BCUT2D eigenvalue weighted by atomic mass is 31.2. The standard InChI is InChI=1S/C12H18NO5P/c1-8-3-4-11(9(2)7-8)18-19(16,17)6-5-10(13)12(14)15/h3-4,7,10H,5-6,13H2,1-2H3,(H,14,15)(H,16,17).